The van der Waals surface area contributed by atoms with E-state index < -0.39 is 0 Å². The summed E-state index contributed by atoms with van der Waals surface area (Å²) >= 11 is 0. The lowest BCUT2D eigenvalue weighted by molar-refractivity contribution is -0.118. The highest BCUT2D eigenvalue weighted by Crippen LogP contribution is 2.12. The quantitative estimate of drug-likeness (QED) is 0.621. The van der Waals surface area contributed by atoms with E-state index in [1.54, 1.807) is 0 Å². The van der Waals surface area contributed by atoms with Gasteiger partial charge in [-0.1, -0.05) is 25.5 Å². The van der Waals surface area contributed by atoms with Gasteiger partial charge in [-0.3, -0.25) is 4.79 Å². The van der Waals surface area contributed by atoms with Gasteiger partial charge in [-0.2, -0.15) is 5.26 Å². The number of carbonyl (C=O) groups is 1. The molecule has 0 fully saturated rings. The van der Waals surface area contributed by atoms with Gasteiger partial charge in [-0.15, -0.1) is 0 Å². The molecule has 2 N–H and O–H groups in total. The molecule has 1 rings (SSSR count). The highest BCUT2D eigenvalue weighted by atomic mass is 16.1. The zero-order chi connectivity index (χ0) is 16.6. The summed E-state index contributed by atoms with van der Waals surface area (Å²) in [6.07, 6.45) is 4.88. The number of benzene rings is 1. The van der Waals surface area contributed by atoms with Gasteiger partial charge in [-0.25, -0.2) is 0 Å². The van der Waals surface area contributed by atoms with E-state index in [9.17, 15) is 4.79 Å². The van der Waals surface area contributed by atoms with Gasteiger partial charge in [0, 0.05) is 17.4 Å². The Hall–Kier alpha value is -2.28. The fourth-order valence-corrected chi connectivity index (χ4v) is 1.86. The second-order valence-electron chi connectivity index (χ2n) is 6.32. The Morgan fingerprint density at radius 2 is 1.91 bits per heavy atom. The number of amides is 1. The fraction of sp³-hybridized carbons (Fsp3) is 0.444. The number of anilines is 1. The monoisotopic (exact) mass is 299 g/mol. The van der Waals surface area contributed by atoms with E-state index in [2.05, 4.69) is 29.7 Å². The molecule has 4 heteroatoms. The molecule has 0 spiro atoms. The van der Waals surface area contributed by atoms with Crippen LogP contribution in [0.2, 0.25) is 0 Å². The highest BCUT2D eigenvalue weighted by molar-refractivity contribution is 5.97. The van der Waals surface area contributed by atoms with Crippen LogP contribution in [0.15, 0.2) is 36.0 Å². The molecule has 0 radical (unpaired) electrons. The van der Waals surface area contributed by atoms with Gasteiger partial charge >= 0.3 is 0 Å². The van der Waals surface area contributed by atoms with Crippen molar-refractivity contribution >= 4 is 11.6 Å². The van der Waals surface area contributed by atoms with E-state index in [1.165, 1.54) is 24.6 Å². The Labute approximate surface area is 133 Å². The maximum Gasteiger partial charge on any atom is 0.263 e. The van der Waals surface area contributed by atoms with E-state index in [4.69, 9.17) is 5.26 Å². The van der Waals surface area contributed by atoms with Crippen LogP contribution in [-0.4, -0.2) is 11.4 Å². The Balaban J connectivity index is 2.68. The molecule has 1 amide bonds. The van der Waals surface area contributed by atoms with Crippen molar-refractivity contribution in [2.24, 2.45) is 0 Å². The summed E-state index contributed by atoms with van der Waals surface area (Å²) in [6, 6.07) is 9.96. The van der Waals surface area contributed by atoms with Gasteiger partial charge in [0.25, 0.3) is 5.91 Å². The fourth-order valence-electron chi connectivity index (χ4n) is 1.86. The third kappa shape index (κ3) is 6.45. The first-order valence-electron chi connectivity index (χ1n) is 7.64. The maximum absolute atomic E-state index is 11.9. The predicted octanol–water partition coefficient (Wildman–Crippen LogP) is 3.76. The number of hydrogen-bond donors (Lipinski definition) is 2. The van der Waals surface area contributed by atoms with Crippen molar-refractivity contribution in [3.8, 4) is 6.07 Å². The second-order valence-corrected chi connectivity index (χ2v) is 6.32. The molecule has 0 saturated heterocycles. The molecule has 22 heavy (non-hydrogen) atoms. The summed E-state index contributed by atoms with van der Waals surface area (Å²) in [5, 5.41) is 14.9. The molecule has 1 aromatic carbocycles. The largest absolute Gasteiger partial charge is 0.360 e. The van der Waals surface area contributed by atoms with Crippen LogP contribution in [0.3, 0.4) is 0 Å². The number of carbonyl (C=O) groups excluding carboxylic acids is 1. The van der Waals surface area contributed by atoms with Crippen LogP contribution in [0, 0.1) is 11.3 Å². The summed E-state index contributed by atoms with van der Waals surface area (Å²) in [4.78, 5) is 11.9. The van der Waals surface area contributed by atoms with Crippen LogP contribution < -0.4 is 10.6 Å². The SMILES string of the molecule is CCCCc1ccc(N/C=C(/C#N)C(=O)NC(C)(C)C)cc1. The van der Waals surface area contributed by atoms with Gasteiger partial charge in [0.05, 0.1) is 0 Å². The molecule has 118 valence electrons. The maximum atomic E-state index is 11.9. The first-order valence-corrected chi connectivity index (χ1v) is 7.64. The van der Waals surface area contributed by atoms with Crippen molar-refractivity contribution in [1.82, 2.24) is 5.32 Å². The lowest BCUT2D eigenvalue weighted by atomic mass is 10.1. The number of unbranched alkanes of at least 4 members (excludes halogenated alkanes) is 1. The molecular weight excluding hydrogens is 274 g/mol. The minimum atomic E-state index is -0.373. The molecule has 0 unspecified atom stereocenters. The van der Waals surface area contributed by atoms with Crippen molar-refractivity contribution < 1.29 is 4.79 Å². The van der Waals surface area contributed by atoms with Crippen molar-refractivity contribution in [3.63, 3.8) is 0 Å². The molecule has 0 aliphatic rings. The second kappa shape index (κ2) is 8.23. The van der Waals surface area contributed by atoms with E-state index in [-0.39, 0.29) is 17.0 Å². The van der Waals surface area contributed by atoms with Crippen LogP contribution in [0.25, 0.3) is 0 Å². The minimum Gasteiger partial charge on any atom is -0.360 e. The molecule has 1 aromatic rings. The number of nitrogens with zero attached hydrogens (tertiary/aromatic N) is 1. The zero-order valence-corrected chi connectivity index (χ0v) is 13.9. The number of hydrogen-bond acceptors (Lipinski definition) is 3. The van der Waals surface area contributed by atoms with Crippen LogP contribution in [0.1, 0.15) is 46.1 Å². The summed E-state index contributed by atoms with van der Waals surface area (Å²) in [6.45, 7) is 7.81. The highest BCUT2D eigenvalue weighted by Gasteiger charge is 2.16. The summed E-state index contributed by atoms with van der Waals surface area (Å²) in [5.74, 6) is -0.373. The van der Waals surface area contributed by atoms with E-state index in [0.717, 1.165) is 12.1 Å². The van der Waals surface area contributed by atoms with E-state index in [0.29, 0.717) is 0 Å². The number of aryl methyl sites for hydroxylation is 1. The average Bonchev–Trinajstić information content (AvgIpc) is 2.45. The van der Waals surface area contributed by atoms with Crippen LogP contribution >= 0.6 is 0 Å². The molecule has 0 bridgehead atoms. The van der Waals surface area contributed by atoms with Crippen molar-refractivity contribution in [2.45, 2.75) is 52.5 Å². The zero-order valence-electron chi connectivity index (χ0n) is 13.9. The number of nitriles is 1. The molecule has 0 atom stereocenters. The standard InChI is InChI=1S/C18H25N3O/c1-5-6-7-14-8-10-16(11-9-14)20-13-15(12-19)17(22)21-18(2,3)4/h8-11,13,20H,5-7H2,1-4H3,(H,21,22)/b15-13-. The van der Waals surface area contributed by atoms with Crippen molar-refractivity contribution in [2.75, 3.05) is 5.32 Å². The van der Waals surface area contributed by atoms with E-state index >= 15 is 0 Å². The molecule has 4 nitrogen and oxygen atoms in total. The third-order valence-corrected chi connectivity index (χ3v) is 3.01. The van der Waals surface area contributed by atoms with Crippen LogP contribution in [-0.2, 0) is 11.2 Å². The average molecular weight is 299 g/mol. The van der Waals surface area contributed by atoms with Crippen LogP contribution in [0.5, 0.6) is 0 Å². The normalized spacial score (nSPS) is 11.7. The third-order valence-electron chi connectivity index (χ3n) is 3.01. The summed E-state index contributed by atoms with van der Waals surface area (Å²) in [7, 11) is 0. The predicted molar refractivity (Wildman–Crippen MR) is 90.3 cm³/mol. The lowest BCUT2D eigenvalue weighted by Crippen LogP contribution is -2.41. The lowest BCUT2D eigenvalue weighted by Gasteiger charge is -2.20. The molecule has 0 aliphatic carbocycles. The minimum absolute atomic E-state index is 0.0602. The Bertz CT molecular complexity index is 559. The number of rotatable bonds is 6. The first kappa shape index (κ1) is 17.8. The van der Waals surface area contributed by atoms with Gasteiger partial charge in [0.2, 0.25) is 0 Å². The van der Waals surface area contributed by atoms with Crippen LogP contribution in [0.4, 0.5) is 5.69 Å². The van der Waals surface area contributed by atoms with Gasteiger partial charge < -0.3 is 10.6 Å². The van der Waals surface area contributed by atoms with Gasteiger partial charge in [-0.05, 0) is 51.3 Å². The molecule has 0 aliphatic heterocycles. The first-order chi connectivity index (χ1) is 10.4. The number of nitrogens with one attached hydrogen (secondary N) is 2. The summed E-state index contributed by atoms with van der Waals surface area (Å²) < 4.78 is 0. The summed E-state index contributed by atoms with van der Waals surface area (Å²) in [5.41, 5.74) is 1.84. The Morgan fingerprint density at radius 1 is 1.27 bits per heavy atom. The molecule has 0 saturated carbocycles. The Morgan fingerprint density at radius 3 is 2.41 bits per heavy atom. The van der Waals surface area contributed by atoms with E-state index in [1.807, 2.05) is 39.0 Å². The van der Waals surface area contributed by atoms with Gasteiger partial charge in [0.1, 0.15) is 11.6 Å². The Kier molecular flexibility index (Phi) is 6.65. The molecule has 0 heterocycles. The van der Waals surface area contributed by atoms with Crippen molar-refractivity contribution in [3.05, 3.63) is 41.6 Å². The van der Waals surface area contributed by atoms with Crippen molar-refractivity contribution in [1.29, 1.82) is 5.26 Å². The smallest absolute Gasteiger partial charge is 0.263 e. The van der Waals surface area contributed by atoms with Gasteiger partial charge in [0.15, 0.2) is 0 Å². The molecular formula is C18H25N3O. The topological polar surface area (TPSA) is 64.9 Å². The molecule has 0 aromatic heterocycles.